The van der Waals surface area contributed by atoms with Crippen LogP contribution in [-0.4, -0.2) is 28.7 Å². The number of anilines is 2. The van der Waals surface area contributed by atoms with Gasteiger partial charge in [-0.05, 0) is 47.9 Å². The number of aromatic nitrogens is 2. The van der Waals surface area contributed by atoms with E-state index in [1.54, 1.807) is 4.90 Å². The van der Waals surface area contributed by atoms with Gasteiger partial charge in [0.05, 0.1) is 16.1 Å². The van der Waals surface area contributed by atoms with Crippen LogP contribution in [0, 0.1) is 0 Å². The highest BCUT2D eigenvalue weighted by molar-refractivity contribution is 7.12. The average Bonchev–Trinajstić information content (AvgIpc) is 3.26. The number of para-hydroxylation sites is 2. The second-order valence-corrected chi connectivity index (χ2v) is 7.75. The number of benzene rings is 3. The summed E-state index contributed by atoms with van der Waals surface area (Å²) in [6.07, 6.45) is -0.792. The molecule has 1 aromatic heterocycles. The zero-order valence-corrected chi connectivity index (χ0v) is 16.5. The summed E-state index contributed by atoms with van der Waals surface area (Å²) in [4.78, 5) is 15.3. The van der Waals surface area contributed by atoms with Crippen LogP contribution in [-0.2, 0) is 4.79 Å². The lowest BCUT2D eigenvalue weighted by Crippen LogP contribution is -2.38. The lowest BCUT2D eigenvalue weighted by molar-refractivity contribution is -0.125. The summed E-state index contributed by atoms with van der Waals surface area (Å²) in [6, 6.07) is 18.7. The molecule has 1 unspecified atom stereocenters. The van der Waals surface area contributed by atoms with Gasteiger partial charge in [0, 0.05) is 11.6 Å². The SMILES string of the molecule is O=C1C(c2ccc3snnc3c2)Oc2ccccc2N1c1ccc2c(c1)OCCO2. The van der Waals surface area contributed by atoms with E-state index in [-0.39, 0.29) is 5.91 Å². The third-order valence-electron chi connectivity index (χ3n) is 5.15. The van der Waals surface area contributed by atoms with Crippen molar-refractivity contribution < 1.29 is 19.0 Å². The Bertz CT molecular complexity index is 1290. The van der Waals surface area contributed by atoms with E-state index in [1.165, 1.54) is 11.5 Å². The Morgan fingerprint density at radius 3 is 2.73 bits per heavy atom. The first-order valence-corrected chi connectivity index (χ1v) is 10.3. The minimum Gasteiger partial charge on any atom is -0.486 e. The normalized spacial score (nSPS) is 17.5. The van der Waals surface area contributed by atoms with Gasteiger partial charge in [0.25, 0.3) is 5.91 Å². The highest BCUT2D eigenvalue weighted by atomic mass is 32.1. The smallest absolute Gasteiger partial charge is 0.277 e. The fourth-order valence-corrected chi connectivity index (χ4v) is 4.30. The number of hydrogen-bond donors (Lipinski definition) is 0. The van der Waals surface area contributed by atoms with Crippen LogP contribution in [0.15, 0.2) is 60.7 Å². The van der Waals surface area contributed by atoms with Crippen molar-refractivity contribution in [2.75, 3.05) is 18.1 Å². The number of fused-ring (bicyclic) bond motifs is 3. The third kappa shape index (κ3) is 2.68. The molecule has 1 atom stereocenters. The summed E-state index contributed by atoms with van der Waals surface area (Å²) >= 11 is 1.32. The van der Waals surface area contributed by atoms with Gasteiger partial charge in [0.15, 0.2) is 11.5 Å². The van der Waals surface area contributed by atoms with Crippen molar-refractivity contribution >= 4 is 39.0 Å². The molecular weight excluding hydrogens is 402 g/mol. The molecule has 1 amide bonds. The van der Waals surface area contributed by atoms with Crippen molar-refractivity contribution in [3.63, 3.8) is 0 Å². The molecule has 2 aliphatic heterocycles. The van der Waals surface area contributed by atoms with Crippen molar-refractivity contribution in [3.8, 4) is 17.2 Å². The van der Waals surface area contributed by atoms with Crippen LogP contribution in [0.25, 0.3) is 10.2 Å². The molecule has 8 heteroatoms. The van der Waals surface area contributed by atoms with Crippen LogP contribution < -0.4 is 19.1 Å². The monoisotopic (exact) mass is 417 g/mol. The topological polar surface area (TPSA) is 73.8 Å². The summed E-state index contributed by atoms with van der Waals surface area (Å²) in [7, 11) is 0. The van der Waals surface area contributed by atoms with Gasteiger partial charge in [-0.25, -0.2) is 0 Å². The predicted molar refractivity (Wildman–Crippen MR) is 112 cm³/mol. The molecule has 0 bridgehead atoms. The molecule has 0 radical (unpaired) electrons. The number of hydrogen-bond acceptors (Lipinski definition) is 7. The number of ether oxygens (including phenoxy) is 3. The third-order valence-corrected chi connectivity index (χ3v) is 5.86. The fraction of sp³-hybridized carbons (Fsp3) is 0.136. The molecule has 0 saturated heterocycles. The molecule has 4 aromatic rings. The van der Waals surface area contributed by atoms with Gasteiger partial charge >= 0.3 is 0 Å². The van der Waals surface area contributed by atoms with E-state index in [0.29, 0.717) is 41.8 Å². The summed E-state index contributed by atoms with van der Waals surface area (Å²) in [5.41, 5.74) is 2.86. The van der Waals surface area contributed by atoms with Crippen LogP contribution in [0.1, 0.15) is 11.7 Å². The molecule has 7 nitrogen and oxygen atoms in total. The second-order valence-electron chi connectivity index (χ2n) is 6.97. The van der Waals surface area contributed by atoms with Gasteiger partial charge in [-0.3, -0.25) is 9.69 Å². The minimum absolute atomic E-state index is 0.187. The van der Waals surface area contributed by atoms with Gasteiger partial charge in [-0.15, -0.1) is 5.10 Å². The number of carbonyl (C=O) groups excluding carboxylic acids is 1. The van der Waals surface area contributed by atoms with E-state index >= 15 is 0 Å². The molecule has 3 heterocycles. The number of carbonyl (C=O) groups is 1. The molecule has 6 rings (SSSR count). The molecule has 2 aliphatic rings. The summed E-state index contributed by atoms with van der Waals surface area (Å²) in [6.45, 7) is 0.996. The van der Waals surface area contributed by atoms with Crippen LogP contribution in [0.2, 0.25) is 0 Å². The Morgan fingerprint density at radius 2 is 1.80 bits per heavy atom. The lowest BCUT2D eigenvalue weighted by atomic mass is 10.0. The largest absolute Gasteiger partial charge is 0.486 e. The number of nitrogens with zero attached hydrogens (tertiary/aromatic N) is 3. The first-order valence-electron chi connectivity index (χ1n) is 9.49. The first kappa shape index (κ1) is 17.2. The molecule has 3 aromatic carbocycles. The zero-order valence-electron chi connectivity index (χ0n) is 15.6. The van der Waals surface area contributed by atoms with Crippen LogP contribution in [0.5, 0.6) is 17.2 Å². The Morgan fingerprint density at radius 1 is 0.933 bits per heavy atom. The Labute approximate surface area is 175 Å². The highest BCUT2D eigenvalue weighted by Gasteiger charge is 2.37. The molecule has 0 aliphatic carbocycles. The predicted octanol–water partition coefficient (Wildman–Crippen LogP) is 4.26. The van der Waals surface area contributed by atoms with E-state index in [4.69, 9.17) is 14.2 Å². The van der Waals surface area contributed by atoms with Gasteiger partial charge in [-0.2, -0.15) is 0 Å². The van der Waals surface area contributed by atoms with Crippen molar-refractivity contribution in [2.45, 2.75) is 6.10 Å². The Kier molecular flexibility index (Phi) is 3.85. The van der Waals surface area contributed by atoms with Crippen LogP contribution in [0.4, 0.5) is 11.4 Å². The second kappa shape index (κ2) is 6.70. The lowest BCUT2D eigenvalue weighted by Gasteiger charge is -2.35. The summed E-state index contributed by atoms with van der Waals surface area (Å²) in [5, 5.41) is 4.13. The molecule has 0 saturated carbocycles. The molecule has 0 N–H and O–H groups in total. The summed E-state index contributed by atoms with van der Waals surface area (Å²) in [5.74, 6) is 1.75. The minimum atomic E-state index is -0.792. The Balaban J connectivity index is 1.47. The maximum absolute atomic E-state index is 13.6. The van der Waals surface area contributed by atoms with E-state index in [1.807, 2.05) is 60.7 Å². The molecule has 148 valence electrons. The van der Waals surface area contributed by atoms with Gasteiger partial charge in [-0.1, -0.05) is 22.7 Å². The van der Waals surface area contributed by atoms with E-state index in [9.17, 15) is 4.79 Å². The van der Waals surface area contributed by atoms with Gasteiger partial charge in [0.2, 0.25) is 6.10 Å². The van der Waals surface area contributed by atoms with E-state index in [0.717, 1.165) is 15.8 Å². The molecule has 30 heavy (non-hydrogen) atoms. The fourth-order valence-electron chi connectivity index (χ4n) is 3.76. The summed E-state index contributed by atoms with van der Waals surface area (Å²) < 4.78 is 22.4. The maximum Gasteiger partial charge on any atom is 0.277 e. The van der Waals surface area contributed by atoms with Gasteiger partial charge < -0.3 is 14.2 Å². The van der Waals surface area contributed by atoms with Crippen molar-refractivity contribution in [3.05, 3.63) is 66.2 Å². The Hall–Kier alpha value is -3.65. The highest BCUT2D eigenvalue weighted by Crippen LogP contribution is 2.45. The maximum atomic E-state index is 13.6. The zero-order chi connectivity index (χ0) is 20.1. The molecular formula is C22H15N3O4S. The van der Waals surface area contributed by atoms with E-state index < -0.39 is 6.10 Å². The van der Waals surface area contributed by atoms with Crippen molar-refractivity contribution in [2.24, 2.45) is 0 Å². The molecule has 0 fully saturated rings. The van der Waals surface area contributed by atoms with E-state index in [2.05, 4.69) is 9.59 Å². The average molecular weight is 417 g/mol. The van der Waals surface area contributed by atoms with Crippen molar-refractivity contribution in [1.82, 2.24) is 9.59 Å². The van der Waals surface area contributed by atoms with Crippen molar-refractivity contribution in [1.29, 1.82) is 0 Å². The van der Waals surface area contributed by atoms with Crippen LogP contribution >= 0.6 is 11.5 Å². The standard InChI is InChI=1S/C22H15N3O4S/c26-22-21(13-5-8-20-15(11-13)23-24-30-20)29-17-4-2-1-3-16(17)25(22)14-6-7-18-19(12-14)28-10-9-27-18/h1-8,11-12,21H,9-10H2. The quantitative estimate of drug-likeness (QED) is 0.485. The number of rotatable bonds is 2. The number of amides is 1. The van der Waals surface area contributed by atoms with Gasteiger partial charge in [0.1, 0.15) is 24.5 Å². The first-order chi connectivity index (χ1) is 14.8. The van der Waals surface area contributed by atoms with Crippen LogP contribution in [0.3, 0.4) is 0 Å². The molecule has 0 spiro atoms.